The number of fused-ring (bicyclic) bond motifs is 1. The van der Waals surface area contributed by atoms with Gasteiger partial charge in [-0.05, 0) is 49.4 Å². The van der Waals surface area contributed by atoms with Gasteiger partial charge in [0.1, 0.15) is 5.82 Å². The Bertz CT molecular complexity index is 581. The molecule has 19 heavy (non-hydrogen) atoms. The molecule has 1 fully saturated rings. The molecule has 0 amide bonds. The van der Waals surface area contributed by atoms with Crippen LogP contribution >= 0.6 is 0 Å². The van der Waals surface area contributed by atoms with Gasteiger partial charge in [0.15, 0.2) is 0 Å². The van der Waals surface area contributed by atoms with Crippen molar-refractivity contribution in [2.24, 2.45) is 18.7 Å². The highest BCUT2D eigenvalue weighted by molar-refractivity contribution is 5.77. The van der Waals surface area contributed by atoms with Gasteiger partial charge in [-0.25, -0.2) is 4.98 Å². The third-order valence-corrected chi connectivity index (χ3v) is 4.44. The van der Waals surface area contributed by atoms with Crippen molar-refractivity contribution in [2.75, 3.05) is 6.54 Å². The summed E-state index contributed by atoms with van der Waals surface area (Å²) in [5.74, 6) is 2.49. The summed E-state index contributed by atoms with van der Waals surface area (Å²) >= 11 is 0. The molecule has 3 rings (SSSR count). The number of imidazole rings is 1. The summed E-state index contributed by atoms with van der Waals surface area (Å²) in [6, 6.07) is 6.65. The first-order valence-electron chi connectivity index (χ1n) is 7.34. The first kappa shape index (κ1) is 12.7. The zero-order chi connectivity index (χ0) is 13.4. The van der Waals surface area contributed by atoms with Gasteiger partial charge in [-0.15, -0.1) is 0 Å². The van der Waals surface area contributed by atoms with Crippen molar-refractivity contribution >= 4 is 11.0 Å². The predicted octanol–water partition coefficient (Wildman–Crippen LogP) is 2.98. The van der Waals surface area contributed by atoms with Crippen LogP contribution in [-0.2, 0) is 13.5 Å². The standard InChI is InChI=1S/C16H23N3/c1-11(10-17)8-12-6-7-14-15(9-12)19(2)16(18-14)13-4-3-5-13/h6-7,9,11,13H,3-5,8,10,17H2,1-2H3. The van der Waals surface area contributed by atoms with Crippen LogP contribution in [0.2, 0.25) is 0 Å². The third kappa shape index (κ3) is 2.27. The Labute approximate surface area is 114 Å². The molecule has 0 aliphatic heterocycles. The van der Waals surface area contributed by atoms with Crippen LogP contribution in [-0.4, -0.2) is 16.1 Å². The molecule has 3 heteroatoms. The summed E-state index contributed by atoms with van der Waals surface area (Å²) in [4.78, 5) is 4.81. The first-order valence-corrected chi connectivity index (χ1v) is 7.34. The lowest BCUT2D eigenvalue weighted by Crippen LogP contribution is -2.14. The summed E-state index contributed by atoms with van der Waals surface area (Å²) in [5, 5.41) is 0. The van der Waals surface area contributed by atoms with Gasteiger partial charge in [-0.1, -0.05) is 19.4 Å². The van der Waals surface area contributed by atoms with Gasteiger partial charge in [-0.2, -0.15) is 0 Å². The topological polar surface area (TPSA) is 43.8 Å². The molecule has 2 aromatic rings. The maximum atomic E-state index is 5.71. The van der Waals surface area contributed by atoms with Crippen molar-refractivity contribution in [3.8, 4) is 0 Å². The van der Waals surface area contributed by atoms with Gasteiger partial charge in [0.25, 0.3) is 0 Å². The van der Waals surface area contributed by atoms with Gasteiger partial charge in [0, 0.05) is 13.0 Å². The minimum atomic E-state index is 0.539. The van der Waals surface area contributed by atoms with E-state index in [-0.39, 0.29) is 0 Å². The van der Waals surface area contributed by atoms with Crippen molar-refractivity contribution in [1.29, 1.82) is 0 Å². The Hall–Kier alpha value is -1.35. The summed E-state index contributed by atoms with van der Waals surface area (Å²) in [6.45, 7) is 2.95. The number of hydrogen-bond acceptors (Lipinski definition) is 2. The largest absolute Gasteiger partial charge is 0.331 e. The van der Waals surface area contributed by atoms with E-state index in [9.17, 15) is 0 Å². The van der Waals surface area contributed by atoms with Crippen LogP contribution in [0.15, 0.2) is 18.2 Å². The van der Waals surface area contributed by atoms with Crippen molar-refractivity contribution < 1.29 is 0 Å². The Balaban J connectivity index is 1.95. The van der Waals surface area contributed by atoms with E-state index in [0.717, 1.165) is 18.5 Å². The fraction of sp³-hybridized carbons (Fsp3) is 0.562. The number of aromatic nitrogens is 2. The van der Waals surface area contributed by atoms with E-state index in [2.05, 4.69) is 36.7 Å². The number of rotatable bonds is 4. The van der Waals surface area contributed by atoms with Gasteiger partial charge < -0.3 is 10.3 Å². The minimum Gasteiger partial charge on any atom is -0.331 e. The second kappa shape index (κ2) is 4.97. The Kier molecular flexibility index (Phi) is 3.31. The number of benzene rings is 1. The third-order valence-electron chi connectivity index (χ3n) is 4.44. The van der Waals surface area contributed by atoms with Crippen LogP contribution in [0.5, 0.6) is 0 Å². The molecule has 0 spiro atoms. The minimum absolute atomic E-state index is 0.539. The molecule has 2 N–H and O–H groups in total. The van der Waals surface area contributed by atoms with Crippen molar-refractivity contribution in [1.82, 2.24) is 9.55 Å². The van der Waals surface area contributed by atoms with Gasteiger partial charge in [0.2, 0.25) is 0 Å². The molecule has 1 atom stereocenters. The Morgan fingerprint density at radius 1 is 1.42 bits per heavy atom. The molecular weight excluding hydrogens is 234 g/mol. The van der Waals surface area contributed by atoms with Gasteiger partial charge in [0.05, 0.1) is 11.0 Å². The van der Waals surface area contributed by atoms with Crippen LogP contribution in [0.1, 0.15) is 43.5 Å². The summed E-state index contributed by atoms with van der Waals surface area (Å²) < 4.78 is 2.29. The summed E-state index contributed by atoms with van der Waals surface area (Å²) in [7, 11) is 2.15. The summed E-state index contributed by atoms with van der Waals surface area (Å²) in [5.41, 5.74) is 9.48. The van der Waals surface area contributed by atoms with E-state index in [4.69, 9.17) is 10.7 Å². The predicted molar refractivity (Wildman–Crippen MR) is 79.2 cm³/mol. The average Bonchev–Trinajstić information content (AvgIpc) is 2.65. The van der Waals surface area contributed by atoms with Crippen LogP contribution in [0.4, 0.5) is 0 Å². The molecule has 1 aromatic carbocycles. The van der Waals surface area contributed by atoms with Crippen LogP contribution in [0.25, 0.3) is 11.0 Å². The van der Waals surface area contributed by atoms with E-state index >= 15 is 0 Å². The molecule has 102 valence electrons. The fourth-order valence-electron chi connectivity index (χ4n) is 2.90. The van der Waals surface area contributed by atoms with E-state index in [1.165, 1.54) is 36.2 Å². The van der Waals surface area contributed by atoms with Gasteiger partial charge in [-0.3, -0.25) is 0 Å². The van der Waals surface area contributed by atoms with Crippen LogP contribution < -0.4 is 5.73 Å². The zero-order valence-electron chi connectivity index (χ0n) is 11.9. The lowest BCUT2D eigenvalue weighted by molar-refractivity contribution is 0.394. The highest BCUT2D eigenvalue weighted by Gasteiger charge is 2.24. The molecular formula is C16H23N3. The lowest BCUT2D eigenvalue weighted by Gasteiger charge is -2.24. The van der Waals surface area contributed by atoms with Gasteiger partial charge >= 0.3 is 0 Å². The number of aryl methyl sites for hydroxylation is 1. The van der Waals surface area contributed by atoms with Crippen LogP contribution in [0.3, 0.4) is 0 Å². The molecule has 0 bridgehead atoms. The maximum absolute atomic E-state index is 5.71. The Morgan fingerprint density at radius 2 is 2.21 bits per heavy atom. The second-order valence-corrected chi connectivity index (χ2v) is 6.02. The van der Waals surface area contributed by atoms with Crippen LogP contribution in [0, 0.1) is 5.92 Å². The maximum Gasteiger partial charge on any atom is 0.112 e. The first-order chi connectivity index (χ1) is 9.19. The number of nitrogens with two attached hydrogens (primary N) is 1. The monoisotopic (exact) mass is 257 g/mol. The molecule has 1 unspecified atom stereocenters. The zero-order valence-corrected chi connectivity index (χ0v) is 11.9. The highest BCUT2D eigenvalue weighted by atomic mass is 15.1. The number of hydrogen-bond donors (Lipinski definition) is 1. The van der Waals surface area contributed by atoms with Crippen molar-refractivity contribution in [3.63, 3.8) is 0 Å². The molecule has 1 aliphatic rings. The molecule has 1 aromatic heterocycles. The van der Waals surface area contributed by atoms with E-state index in [0.29, 0.717) is 11.8 Å². The smallest absolute Gasteiger partial charge is 0.112 e. The molecule has 1 heterocycles. The second-order valence-electron chi connectivity index (χ2n) is 6.02. The quantitative estimate of drug-likeness (QED) is 0.915. The SMILES string of the molecule is CC(CN)Cc1ccc2nc(C3CCC3)n(C)c2c1. The summed E-state index contributed by atoms with van der Waals surface area (Å²) in [6.07, 6.45) is 5.01. The molecule has 1 saturated carbocycles. The van der Waals surface area contributed by atoms with E-state index in [1.54, 1.807) is 0 Å². The van der Waals surface area contributed by atoms with Crippen molar-refractivity contribution in [2.45, 2.75) is 38.5 Å². The fourth-order valence-corrected chi connectivity index (χ4v) is 2.90. The molecule has 1 aliphatic carbocycles. The molecule has 3 nitrogen and oxygen atoms in total. The normalized spacial score (nSPS) is 17.6. The van der Waals surface area contributed by atoms with E-state index < -0.39 is 0 Å². The highest BCUT2D eigenvalue weighted by Crippen LogP contribution is 2.36. The molecule has 0 radical (unpaired) electrons. The number of nitrogens with zero attached hydrogens (tertiary/aromatic N) is 2. The average molecular weight is 257 g/mol. The molecule has 0 saturated heterocycles. The van der Waals surface area contributed by atoms with E-state index in [1.807, 2.05) is 0 Å². The lowest BCUT2D eigenvalue weighted by atomic mass is 9.85. The Morgan fingerprint density at radius 3 is 2.84 bits per heavy atom. The van der Waals surface area contributed by atoms with Crippen molar-refractivity contribution in [3.05, 3.63) is 29.6 Å².